The number of ether oxygens (including phenoxy) is 1. The molecule has 0 aliphatic carbocycles. The maximum absolute atomic E-state index is 13.2. The third-order valence-corrected chi connectivity index (χ3v) is 6.02. The Morgan fingerprint density at radius 1 is 1.13 bits per heavy atom. The first-order valence-corrected chi connectivity index (χ1v) is 10.6. The number of nitrogens with one attached hydrogen (secondary N) is 1. The zero-order chi connectivity index (χ0) is 22.0. The summed E-state index contributed by atoms with van der Waals surface area (Å²) in [5.41, 5.74) is 1.58. The summed E-state index contributed by atoms with van der Waals surface area (Å²) in [5.74, 6) is 0.472. The monoisotopic (exact) mass is 421 g/mol. The molecule has 2 aromatic carbocycles. The second-order valence-electron chi connectivity index (χ2n) is 8.18. The van der Waals surface area contributed by atoms with Crippen LogP contribution >= 0.6 is 0 Å². The smallest absolute Gasteiger partial charge is 0.257 e. The third-order valence-electron chi connectivity index (χ3n) is 6.02. The van der Waals surface area contributed by atoms with E-state index in [9.17, 15) is 14.4 Å². The van der Waals surface area contributed by atoms with E-state index in [4.69, 9.17) is 4.74 Å². The number of rotatable bonds is 7. The lowest BCUT2D eigenvalue weighted by atomic mass is 9.98. The Labute approximate surface area is 182 Å². The maximum atomic E-state index is 13.2. The van der Waals surface area contributed by atoms with Crippen LogP contribution in [-0.4, -0.2) is 48.0 Å². The zero-order valence-corrected chi connectivity index (χ0v) is 17.9. The summed E-state index contributed by atoms with van der Waals surface area (Å²) < 4.78 is 5.62. The number of hydrogen-bond acceptors (Lipinski definition) is 4. The van der Waals surface area contributed by atoms with Crippen LogP contribution in [-0.2, 0) is 9.59 Å². The second kappa shape index (κ2) is 8.41. The van der Waals surface area contributed by atoms with E-state index in [0.29, 0.717) is 37.2 Å². The van der Waals surface area contributed by atoms with Crippen molar-refractivity contribution in [2.24, 2.45) is 0 Å². The number of para-hydroxylation sites is 1. The molecule has 2 aliphatic heterocycles. The number of fused-ring (bicyclic) bond motifs is 3. The fourth-order valence-electron chi connectivity index (χ4n) is 4.34. The quantitative estimate of drug-likeness (QED) is 0.698. The van der Waals surface area contributed by atoms with Crippen molar-refractivity contribution in [1.29, 1.82) is 0 Å². The van der Waals surface area contributed by atoms with Crippen molar-refractivity contribution in [3.63, 3.8) is 0 Å². The highest BCUT2D eigenvalue weighted by molar-refractivity contribution is 6.10. The van der Waals surface area contributed by atoms with Gasteiger partial charge in [0.2, 0.25) is 11.8 Å². The Morgan fingerprint density at radius 2 is 1.87 bits per heavy atom. The summed E-state index contributed by atoms with van der Waals surface area (Å²) >= 11 is 0. The predicted molar refractivity (Wildman–Crippen MR) is 117 cm³/mol. The molecule has 1 unspecified atom stereocenters. The number of hydrogen-bond donors (Lipinski definition) is 1. The van der Waals surface area contributed by atoms with E-state index in [-0.39, 0.29) is 30.7 Å². The van der Waals surface area contributed by atoms with Gasteiger partial charge in [-0.05, 0) is 44.5 Å². The normalized spacial score (nSPS) is 19.8. The molecule has 7 heteroatoms. The maximum Gasteiger partial charge on any atom is 0.257 e. The van der Waals surface area contributed by atoms with Gasteiger partial charge in [-0.2, -0.15) is 0 Å². The van der Waals surface area contributed by atoms with Gasteiger partial charge in [0.1, 0.15) is 18.0 Å². The fourth-order valence-corrected chi connectivity index (χ4v) is 4.34. The van der Waals surface area contributed by atoms with Gasteiger partial charge in [-0.1, -0.05) is 29.8 Å². The molecule has 0 aromatic heterocycles. The molecule has 3 amide bonds. The van der Waals surface area contributed by atoms with Gasteiger partial charge in [0.15, 0.2) is 0 Å². The average Bonchev–Trinajstić information content (AvgIpc) is 3.07. The van der Waals surface area contributed by atoms with Crippen LogP contribution in [0.4, 0.5) is 5.69 Å². The number of nitrogens with zero attached hydrogens (tertiary/aromatic N) is 2. The Balaban J connectivity index is 1.34. The molecular formula is C24H27N3O4. The van der Waals surface area contributed by atoms with Gasteiger partial charge < -0.3 is 15.0 Å². The van der Waals surface area contributed by atoms with E-state index in [0.717, 1.165) is 11.3 Å². The number of aryl methyl sites for hydroxylation is 1. The van der Waals surface area contributed by atoms with Crippen molar-refractivity contribution in [3.05, 3.63) is 59.7 Å². The van der Waals surface area contributed by atoms with Crippen molar-refractivity contribution < 1.29 is 19.1 Å². The van der Waals surface area contributed by atoms with Crippen LogP contribution in [0.3, 0.4) is 0 Å². The summed E-state index contributed by atoms with van der Waals surface area (Å²) in [6.07, 6.45) is 1.10. The fraction of sp³-hybridized carbons (Fsp3) is 0.375. The van der Waals surface area contributed by atoms with Gasteiger partial charge in [0.05, 0.1) is 17.8 Å². The summed E-state index contributed by atoms with van der Waals surface area (Å²) in [7, 11) is 0. The third kappa shape index (κ3) is 4.00. The molecule has 1 saturated heterocycles. The highest BCUT2D eigenvalue weighted by Crippen LogP contribution is 2.43. The largest absolute Gasteiger partial charge is 0.492 e. The van der Waals surface area contributed by atoms with E-state index in [2.05, 4.69) is 5.32 Å². The Bertz CT molecular complexity index is 1000. The molecule has 1 atom stereocenters. The number of benzene rings is 2. The molecule has 7 nitrogen and oxygen atoms in total. The van der Waals surface area contributed by atoms with Crippen LogP contribution in [0, 0.1) is 6.92 Å². The highest BCUT2D eigenvalue weighted by Gasteiger charge is 2.52. The minimum absolute atomic E-state index is 0.00477. The van der Waals surface area contributed by atoms with Crippen LogP contribution in [0.1, 0.15) is 42.1 Å². The van der Waals surface area contributed by atoms with Crippen LogP contribution in [0.15, 0.2) is 48.5 Å². The lowest BCUT2D eigenvalue weighted by Gasteiger charge is -2.48. The van der Waals surface area contributed by atoms with Crippen molar-refractivity contribution in [3.8, 4) is 5.75 Å². The van der Waals surface area contributed by atoms with E-state index in [1.165, 1.54) is 0 Å². The van der Waals surface area contributed by atoms with Crippen LogP contribution in [0.25, 0.3) is 0 Å². The van der Waals surface area contributed by atoms with Gasteiger partial charge >= 0.3 is 0 Å². The van der Waals surface area contributed by atoms with Crippen molar-refractivity contribution in [2.45, 2.75) is 38.8 Å². The Kier molecular flexibility index (Phi) is 5.67. The molecule has 2 heterocycles. The predicted octanol–water partition coefficient (Wildman–Crippen LogP) is 2.88. The van der Waals surface area contributed by atoms with Crippen molar-refractivity contribution in [2.75, 3.05) is 24.6 Å². The molecule has 1 fully saturated rings. The first-order chi connectivity index (χ1) is 14.9. The van der Waals surface area contributed by atoms with Gasteiger partial charge in [0, 0.05) is 19.4 Å². The summed E-state index contributed by atoms with van der Waals surface area (Å²) in [6, 6.07) is 14.9. The number of carbonyl (C=O) groups is 3. The van der Waals surface area contributed by atoms with Crippen molar-refractivity contribution in [1.82, 2.24) is 10.2 Å². The summed E-state index contributed by atoms with van der Waals surface area (Å²) in [4.78, 5) is 41.5. The van der Waals surface area contributed by atoms with E-state index in [1.807, 2.05) is 50.2 Å². The van der Waals surface area contributed by atoms with Crippen LogP contribution < -0.4 is 15.0 Å². The first-order valence-electron chi connectivity index (χ1n) is 10.6. The highest BCUT2D eigenvalue weighted by atomic mass is 16.5. The average molecular weight is 421 g/mol. The number of carbonyl (C=O) groups excluding carboxylic acids is 3. The minimum Gasteiger partial charge on any atom is -0.492 e. The topological polar surface area (TPSA) is 79.0 Å². The van der Waals surface area contributed by atoms with E-state index in [1.54, 1.807) is 21.9 Å². The molecule has 1 N–H and O–H groups in total. The zero-order valence-electron chi connectivity index (χ0n) is 17.9. The summed E-state index contributed by atoms with van der Waals surface area (Å²) in [6.45, 7) is 4.91. The molecule has 4 rings (SSSR count). The van der Waals surface area contributed by atoms with Crippen LogP contribution in [0.2, 0.25) is 0 Å². The molecule has 31 heavy (non-hydrogen) atoms. The molecule has 2 aliphatic rings. The lowest BCUT2D eigenvalue weighted by molar-refractivity contribution is -0.121. The molecule has 2 aromatic rings. The Morgan fingerprint density at radius 3 is 2.65 bits per heavy atom. The van der Waals surface area contributed by atoms with Gasteiger partial charge in [0.25, 0.3) is 5.91 Å². The van der Waals surface area contributed by atoms with E-state index >= 15 is 0 Å². The summed E-state index contributed by atoms with van der Waals surface area (Å²) in [5, 5.41) is 2.84. The number of anilines is 1. The van der Waals surface area contributed by atoms with Gasteiger partial charge in [-0.25, -0.2) is 0 Å². The molecule has 0 bridgehead atoms. The minimum atomic E-state index is -0.739. The SMILES string of the molecule is Cc1ccc(OCCNC(=O)CCN2C(=O)c3ccccc3N3C(=O)CCC23C)cc1. The molecule has 162 valence electrons. The number of amides is 3. The Hall–Kier alpha value is -3.35. The standard InChI is InChI=1S/C24H27N3O4/c1-17-7-9-18(10-8-17)31-16-14-25-21(28)12-15-26-23(30)19-5-3-4-6-20(19)27-22(29)11-13-24(26,27)2/h3-10H,11-16H2,1-2H3,(H,25,28). The molecule has 0 spiro atoms. The molecule has 0 saturated carbocycles. The lowest BCUT2D eigenvalue weighted by Crippen LogP contribution is -2.62. The van der Waals surface area contributed by atoms with Crippen molar-refractivity contribution >= 4 is 23.4 Å². The first kappa shape index (κ1) is 20.9. The van der Waals surface area contributed by atoms with Gasteiger partial charge in [-0.3, -0.25) is 19.3 Å². The van der Waals surface area contributed by atoms with E-state index < -0.39 is 5.66 Å². The van der Waals surface area contributed by atoms with Gasteiger partial charge in [-0.15, -0.1) is 0 Å². The molecular weight excluding hydrogens is 394 g/mol. The second-order valence-corrected chi connectivity index (χ2v) is 8.18. The van der Waals surface area contributed by atoms with Crippen LogP contribution in [0.5, 0.6) is 5.75 Å². The molecule has 0 radical (unpaired) electrons.